The second-order valence-corrected chi connectivity index (χ2v) is 9.99. The Labute approximate surface area is 216 Å². The fourth-order valence-electron chi connectivity index (χ4n) is 3.99. The van der Waals surface area contributed by atoms with E-state index < -0.39 is 5.91 Å². The Hall–Kier alpha value is -3.46. The number of amides is 3. The van der Waals surface area contributed by atoms with Gasteiger partial charge in [-0.1, -0.05) is 84.1 Å². The number of hydrogen-bond acceptors (Lipinski definition) is 5. The van der Waals surface area contributed by atoms with Gasteiger partial charge in [-0.2, -0.15) is 0 Å². The van der Waals surface area contributed by atoms with Crippen molar-refractivity contribution in [2.75, 3.05) is 16.8 Å². The van der Waals surface area contributed by atoms with E-state index in [-0.39, 0.29) is 28.8 Å². The first kappa shape index (κ1) is 23.3. The average molecular weight is 520 g/mol. The number of thiocarbonyl (C=S) groups is 1. The lowest BCUT2D eigenvalue weighted by Crippen LogP contribution is -2.35. The number of halogens is 1. The molecule has 0 bridgehead atoms. The first-order chi connectivity index (χ1) is 16.9. The summed E-state index contributed by atoms with van der Waals surface area (Å²) < 4.78 is 0.394. The number of hydrogen-bond donors (Lipinski definition) is 1. The van der Waals surface area contributed by atoms with Crippen molar-refractivity contribution in [2.45, 2.75) is 6.54 Å². The lowest BCUT2D eigenvalue weighted by atomic mass is 10.1. The molecule has 2 aliphatic heterocycles. The third-order valence-corrected chi connectivity index (χ3v) is 7.31. The quantitative estimate of drug-likeness (QED) is 0.375. The molecule has 0 atom stereocenters. The van der Waals surface area contributed by atoms with Crippen molar-refractivity contribution in [3.05, 3.63) is 99.9 Å². The van der Waals surface area contributed by atoms with E-state index >= 15 is 0 Å². The highest BCUT2D eigenvalue weighted by molar-refractivity contribution is 8.26. The van der Waals surface area contributed by atoms with E-state index in [1.54, 1.807) is 48.5 Å². The zero-order valence-corrected chi connectivity index (χ0v) is 20.6. The van der Waals surface area contributed by atoms with Gasteiger partial charge in [-0.25, -0.2) is 0 Å². The van der Waals surface area contributed by atoms with Gasteiger partial charge in [0.1, 0.15) is 10.9 Å². The zero-order valence-electron chi connectivity index (χ0n) is 18.2. The van der Waals surface area contributed by atoms with Crippen molar-refractivity contribution in [3.8, 4) is 0 Å². The number of anilines is 2. The summed E-state index contributed by atoms with van der Waals surface area (Å²) in [5.74, 6) is -1.08. The number of carbonyl (C=O) groups excluding carboxylic acids is 3. The van der Waals surface area contributed by atoms with E-state index in [0.717, 1.165) is 17.3 Å². The molecule has 1 saturated heterocycles. The van der Waals surface area contributed by atoms with Crippen molar-refractivity contribution in [2.24, 2.45) is 0 Å². The summed E-state index contributed by atoms with van der Waals surface area (Å²) in [5.41, 5.74) is 2.96. The largest absolute Gasteiger partial charge is 0.325 e. The summed E-state index contributed by atoms with van der Waals surface area (Å²) in [6, 6.07) is 23.4. The highest BCUT2D eigenvalue weighted by Crippen LogP contribution is 2.44. The molecule has 2 heterocycles. The van der Waals surface area contributed by atoms with Crippen molar-refractivity contribution >= 4 is 74.6 Å². The molecule has 5 rings (SSSR count). The Bertz CT molecular complexity index is 1390. The lowest BCUT2D eigenvalue weighted by Gasteiger charge is -2.17. The summed E-state index contributed by atoms with van der Waals surface area (Å²) in [5, 5.41) is 3.33. The van der Waals surface area contributed by atoms with Crippen molar-refractivity contribution < 1.29 is 14.4 Å². The van der Waals surface area contributed by atoms with Crippen molar-refractivity contribution in [3.63, 3.8) is 0 Å². The normalized spacial score (nSPS) is 17.2. The van der Waals surface area contributed by atoms with Crippen LogP contribution in [0, 0.1) is 0 Å². The molecule has 6 nitrogen and oxygen atoms in total. The third-order valence-electron chi connectivity index (χ3n) is 5.61. The molecule has 0 unspecified atom stereocenters. The van der Waals surface area contributed by atoms with Gasteiger partial charge in [-0.15, -0.1) is 0 Å². The minimum absolute atomic E-state index is 0.202. The third kappa shape index (κ3) is 4.60. The molecule has 0 radical (unpaired) electrons. The topological polar surface area (TPSA) is 69.7 Å². The molecule has 0 saturated carbocycles. The van der Waals surface area contributed by atoms with Crippen LogP contribution in [0.25, 0.3) is 5.57 Å². The Morgan fingerprint density at radius 2 is 1.57 bits per heavy atom. The number of thioether (sulfide) groups is 1. The molecule has 0 spiro atoms. The number of benzene rings is 3. The molecule has 9 heteroatoms. The van der Waals surface area contributed by atoms with Crippen LogP contribution >= 0.6 is 35.6 Å². The first-order valence-corrected chi connectivity index (χ1v) is 12.3. The molecule has 3 amide bonds. The van der Waals surface area contributed by atoms with Gasteiger partial charge >= 0.3 is 0 Å². The Balaban J connectivity index is 1.43. The van der Waals surface area contributed by atoms with Crippen LogP contribution in [0.4, 0.5) is 11.4 Å². The monoisotopic (exact) mass is 519 g/mol. The van der Waals surface area contributed by atoms with Crippen molar-refractivity contribution in [1.82, 2.24) is 4.90 Å². The molecule has 174 valence electrons. The van der Waals surface area contributed by atoms with Gasteiger partial charge in [0.15, 0.2) is 0 Å². The van der Waals surface area contributed by atoms with E-state index in [1.807, 2.05) is 30.3 Å². The van der Waals surface area contributed by atoms with Crippen LogP contribution in [0.1, 0.15) is 11.1 Å². The standard InChI is InChI=1S/C26H18ClN3O3S2/c27-17-10-12-18(13-11-17)28-21(31)15-29-20-9-5-4-8-19(20)22(24(29)32)23-25(33)30(26(34)35-23)14-16-6-2-1-3-7-16/h1-13H,14-15H2,(H,28,31)/b23-22-. The van der Waals surface area contributed by atoms with Crippen molar-refractivity contribution in [1.29, 1.82) is 0 Å². The first-order valence-electron chi connectivity index (χ1n) is 10.7. The van der Waals surface area contributed by atoms with Crippen LogP contribution in [0.3, 0.4) is 0 Å². The van der Waals surface area contributed by atoms with Gasteiger partial charge in [0.05, 0.1) is 22.7 Å². The summed E-state index contributed by atoms with van der Waals surface area (Å²) in [4.78, 5) is 42.8. The highest BCUT2D eigenvalue weighted by Gasteiger charge is 2.42. The molecule has 0 aromatic heterocycles. The second-order valence-electron chi connectivity index (χ2n) is 7.91. The van der Waals surface area contributed by atoms with Crippen LogP contribution in [-0.4, -0.2) is 33.5 Å². The Morgan fingerprint density at radius 3 is 2.31 bits per heavy atom. The maximum Gasteiger partial charge on any atom is 0.267 e. The molecular formula is C26H18ClN3O3S2. The lowest BCUT2D eigenvalue weighted by molar-refractivity contribution is -0.122. The van der Waals surface area contributed by atoms with Gasteiger partial charge in [0.25, 0.3) is 11.8 Å². The summed E-state index contributed by atoms with van der Waals surface area (Å²) >= 11 is 12.5. The second kappa shape index (κ2) is 9.65. The predicted octanol–water partition coefficient (Wildman–Crippen LogP) is 5.10. The minimum Gasteiger partial charge on any atom is -0.325 e. The Kier molecular flexibility index (Phi) is 6.42. The number of para-hydroxylation sites is 1. The maximum atomic E-state index is 13.5. The smallest absolute Gasteiger partial charge is 0.267 e. The highest BCUT2D eigenvalue weighted by atomic mass is 35.5. The number of rotatable bonds is 5. The SMILES string of the molecule is O=C(CN1C(=O)/C(=C2\SC(=S)N(Cc3ccccc3)C2=O)c2ccccc21)Nc1ccc(Cl)cc1. The predicted molar refractivity (Wildman–Crippen MR) is 143 cm³/mol. The fraction of sp³-hybridized carbons (Fsp3) is 0.0769. The number of nitrogens with zero attached hydrogens (tertiary/aromatic N) is 2. The zero-order chi connectivity index (χ0) is 24.5. The summed E-state index contributed by atoms with van der Waals surface area (Å²) in [6.45, 7) is 0.123. The molecule has 2 aliphatic rings. The fourth-order valence-corrected chi connectivity index (χ4v) is 5.44. The van der Waals surface area contributed by atoms with E-state index in [1.165, 1.54) is 9.80 Å². The van der Waals surface area contributed by atoms with Crippen LogP contribution in [-0.2, 0) is 20.9 Å². The molecule has 3 aromatic carbocycles. The maximum absolute atomic E-state index is 13.5. The summed E-state index contributed by atoms with van der Waals surface area (Å²) in [6.07, 6.45) is 0. The minimum atomic E-state index is -0.405. The van der Waals surface area contributed by atoms with Crippen LogP contribution in [0.15, 0.2) is 83.8 Å². The van der Waals surface area contributed by atoms with Crippen LogP contribution in [0.5, 0.6) is 0 Å². The number of carbonyl (C=O) groups is 3. The summed E-state index contributed by atoms with van der Waals surface area (Å²) in [7, 11) is 0. The van der Waals surface area contributed by atoms with Gasteiger partial charge in [-0.3, -0.25) is 24.2 Å². The molecular weight excluding hydrogens is 502 g/mol. The molecule has 0 aliphatic carbocycles. The molecule has 35 heavy (non-hydrogen) atoms. The molecule has 1 N–H and O–H groups in total. The van der Waals surface area contributed by atoms with Gasteiger partial charge in [-0.05, 0) is 35.9 Å². The number of fused-ring (bicyclic) bond motifs is 1. The molecule has 3 aromatic rings. The molecule has 1 fully saturated rings. The Morgan fingerprint density at radius 1 is 0.886 bits per heavy atom. The van der Waals surface area contributed by atoms with E-state index in [2.05, 4.69) is 5.32 Å². The van der Waals surface area contributed by atoms with E-state index in [4.69, 9.17) is 23.8 Å². The van der Waals surface area contributed by atoms with Gasteiger partial charge < -0.3 is 5.32 Å². The number of nitrogens with one attached hydrogen (secondary N) is 1. The van der Waals surface area contributed by atoms with E-state index in [0.29, 0.717) is 32.8 Å². The van der Waals surface area contributed by atoms with Gasteiger partial charge in [0.2, 0.25) is 5.91 Å². The average Bonchev–Trinajstić information content (AvgIpc) is 3.28. The van der Waals surface area contributed by atoms with Crippen LogP contribution in [0.2, 0.25) is 5.02 Å². The van der Waals surface area contributed by atoms with Crippen LogP contribution < -0.4 is 10.2 Å². The van der Waals surface area contributed by atoms with E-state index in [9.17, 15) is 14.4 Å². The van der Waals surface area contributed by atoms with Gasteiger partial charge in [0, 0.05) is 16.3 Å².